The molecule has 1 fully saturated rings. The molecule has 0 amide bonds. The number of pyridine rings is 2. The highest BCUT2D eigenvalue weighted by Gasteiger charge is 2.18. The number of rotatable bonds is 7. The van der Waals surface area contributed by atoms with Gasteiger partial charge in [-0.1, -0.05) is 0 Å². The van der Waals surface area contributed by atoms with Gasteiger partial charge in [-0.25, -0.2) is 9.97 Å². The molecule has 2 N–H and O–H groups in total. The predicted octanol–water partition coefficient (Wildman–Crippen LogP) is 3.25. The van der Waals surface area contributed by atoms with E-state index in [0.29, 0.717) is 0 Å². The SMILES string of the molecule is CNc1ccc(-c2ccc3c(CCCN4CCC(O)CC4)cn(-c4cnn(C)c4)c3n2)cn1. The lowest BCUT2D eigenvalue weighted by atomic mass is 10.1. The number of anilines is 1. The van der Waals surface area contributed by atoms with E-state index in [2.05, 4.69) is 43.2 Å². The van der Waals surface area contributed by atoms with E-state index in [-0.39, 0.29) is 6.10 Å². The molecule has 0 unspecified atom stereocenters. The van der Waals surface area contributed by atoms with Gasteiger partial charge in [0.1, 0.15) is 11.5 Å². The van der Waals surface area contributed by atoms with Gasteiger partial charge >= 0.3 is 0 Å². The van der Waals surface area contributed by atoms with Crippen LogP contribution < -0.4 is 5.32 Å². The van der Waals surface area contributed by atoms with Crippen LogP contribution in [-0.4, -0.2) is 67.1 Å². The molecule has 8 heteroatoms. The van der Waals surface area contributed by atoms with Crippen LogP contribution in [0.25, 0.3) is 28.0 Å². The Kier molecular flexibility index (Phi) is 6.11. The molecule has 0 atom stereocenters. The molecule has 0 bridgehead atoms. The van der Waals surface area contributed by atoms with Gasteiger partial charge < -0.3 is 15.3 Å². The summed E-state index contributed by atoms with van der Waals surface area (Å²) in [5, 5.41) is 18.3. The number of hydrogen-bond donors (Lipinski definition) is 2. The van der Waals surface area contributed by atoms with Gasteiger partial charge in [-0.3, -0.25) is 9.25 Å². The molecular formula is C25H31N7O. The molecule has 0 aromatic carbocycles. The Morgan fingerprint density at radius 3 is 2.64 bits per heavy atom. The molecule has 172 valence electrons. The highest BCUT2D eigenvalue weighted by Crippen LogP contribution is 2.28. The van der Waals surface area contributed by atoms with Crippen molar-refractivity contribution in [2.24, 2.45) is 7.05 Å². The number of hydrogen-bond acceptors (Lipinski definition) is 6. The van der Waals surface area contributed by atoms with Gasteiger partial charge in [0.15, 0.2) is 0 Å². The molecular weight excluding hydrogens is 414 g/mol. The van der Waals surface area contributed by atoms with E-state index >= 15 is 0 Å². The van der Waals surface area contributed by atoms with Crippen molar-refractivity contribution in [1.29, 1.82) is 0 Å². The van der Waals surface area contributed by atoms with Crippen molar-refractivity contribution in [1.82, 2.24) is 29.2 Å². The average Bonchev–Trinajstić information content (AvgIpc) is 3.43. The standard InChI is InChI=1S/C25H31N7O/c1-26-24-8-5-18(14-27-24)23-7-6-22-19(4-3-11-31-12-9-21(33)10-13-31)16-32(25(22)29-23)20-15-28-30(2)17-20/h5-8,14-17,21,33H,3-4,9-13H2,1-2H3,(H,26,27). The molecule has 1 aliphatic heterocycles. The minimum atomic E-state index is -0.122. The van der Waals surface area contributed by atoms with E-state index in [1.54, 1.807) is 0 Å². The van der Waals surface area contributed by atoms with Gasteiger partial charge in [-0.2, -0.15) is 5.10 Å². The zero-order valence-electron chi connectivity index (χ0n) is 19.3. The van der Waals surface area contributed by atoms with Crippen molar-refractivity contribution in [3.05, 3.63) is 54.6 Å². The lowest BCUT2D eigenvalue weighted by molar-refractivity contribution is 0.0821. The summed E-state index contributed by atoms with van der Waals surface area (Å²) in [6, 6.07) is 8.28. The van der Waals surface area contributed by atoms with Gasteiger partial charge in [0.25, 0.3) is 0 Å². The third kappa shape index (κ3) is 4.62. The molecule has 0 radical (unpaired) electrons. The molecule has 0 saturated carbocycles. The van der Waals surface area contributed by atoms with Crippen molar-refractivity contribution >= 4 is 16.9 Å². The van der Waals surface area contributed by atoms with E-state index in [9.17, 15) is 5.11 Å². The Balaban J connectivity index is 1.43. The first-order valence-electron chi connectivity index (χ1n) is 11.7. The van der Waals surface area contributed by atoms with Crippen LogP contribution in [-0.2, 0) is 13.5 Å². The third-order valence-electron chi connectivity index (χ3n) is 6.50. The fourth-order valence-electron chi connectivity index (χ4n) is 4.59. The first-order valence-corrected chi connectivity index (χ1v) is 11.7. The molecule has 4 aromatic rings. The van der Waals surface area contributed by atoms with Gasteiger partial charge in [0.05, 0.1) is 23.7 Å². The van der Waals surface area contributed by atoms with Gasteiger partial charge in [-0.15, -0.1) is 0 Å². The van der Waals surface area contributed by atoms with Crippen molar-refractivity contribution in [3.63, 3.8) is 0 Å². The fraction of sp³-hybridized carbons (Fsp3) is 0.400. The van der Waals surface area contributed by atoms with Crippen LogP contribution in [0, 0.1) is 0 Å². The number of aryl methyl sites for hydroxylation is 2. The van der Waals surface area contributed by atoms with Crippen LogP contribution in [0.5, 0.6) is 0 Å². The predicted molar refractivity (Wildman–Crippen MR) is 131 cm³/mol. The van der Waals surface area contributed by atoms with Crippen LogP contribution in [0.15, 0.2) is 49.1 Å². The van der Waals surface area contributed by atoms with Crippen LogP contribution in [0.3, 0.4) is 0 Å². The van der Waals surface area contributed by atoms with Crippen LogP contribution in [0.1, 0.15) is 24.8 Å². The van der Waals surface area contributed by atoms with Crippen molar-refractivity contribution in [2.75, 3.05) is 32.0 Å². The number of aliphatic hydroxyl groups excluding tert-OH is 1. The van der Waals surface area contributed by atoms with Crippen LogP contribution in [0.4, 0.5) is 5.82 Å². The average molecular weight is 446 g/mol. The number of nitrogens with zero attached hydrogens (tertiary/aromatic N) is 6. The lowest BCUT2D eigenvalue weighted by Crippen LogP contribution is -2.36. The Bertz CT molecular complexity index is 1220. The molecule has 0 spiro atoms. The maximum absolute atomic E-state index is 9.74. The third-order valence-corrected chi connectivity index (χ3v) is 6.50. The molecule has 0 aliphatic carbocycles. The molecule has 5 heterocycles. The number of likely N-dealkylation sites (tertiary alicyclic amines) is 1. The Morgan fingerprint density at radius 2 is 1.94 bits per heavy atom. The normalized spacial score (nSPS) is 15.4. The van der Waals surface area contributed by atoms with Crippen LogP contribution in [0.2, 0.25) is 0 Å². The highest BCUT2D eigenvalue weighted by atomic mass is 16.3. The Labute approximate surface area is 193 Å². The smallest absolute Gasteiger partial charge is 0.145 e. The molecule has 8 nitrogen and oxygen atoms in total. The second-order valence-electron chi connectivity index (χ2n) is 8.82. The van der Waals surface area contributed by atoms with E-state index in [1.807, 2.05) is 49.5 Å². The second kappa shape index (κ2) is 9.33. The first-order chi connectivity index (χ1) is 16.1. The topological polar surface area (TPSA) is 84.0 Å². The number of aliphatic hydroxyl groups is 1. The van der Waals surface area contributed by atoms with Gasteiger partial charge in [0.2, 0.25) is 0 Å². The second-order valence-corrected chi connectivity index (χ2v) is 8.82. The van der Waals surface area contributed by atoms with E-state index in [4.69, 9.17) is 4.98 Å². The lowest BCUT2D eigenvalue weighted by Gasteiger charge is -2.29. The minimum Gasteiger partial charge on any atom is -0.393 e. The summed E-state index contributed by atoms with van der Waals surface area (Å²) < 4.78 is 3.96. The summed E-state index contributed by atoms with van der Waals surface area (Å²) >= 11 is 0. The number of nitrogens with one attached hydrogen (secondary N) is 1. The summed E-state index contributed by atoms with van der Waals surface area (Å²) in [5.74, 6) is 0.837. The van der Waals surface area contributed by atoms with Gasteiger partial charge in [-0.05, 0) is 62.1 Å². The molecule has 1 aliphatic rings. The van der Waals surface area contributed by atoms with Crippen molar-refractivity contribution < 1.29 is 5.11 Å². The summed E-state index contributed by atoms with van der Waals surface area (Å²) in [6.45, 7) is 3.04. The maximum atomic E-state index is 9.74. The fourth-order valence-corrected chi connectivity index (χ4v) is 4.59. The summed E-state index contributed by atoms with van der Waals surface area (Å²) in [5.41, 5.74) is 5.14. The molecule has 1 saturated heterocycles. The molecule has 4 aromatic heterocycles. The monoisotopic (exact) mass is 445 g/mol. The van der Waals surface area contributed by atoms with Gasteiger partial charge in [0, 0.05) is 56.7 Å². The maximum Gasteiger partial charge on any atom is 0.145 e. The number of fused-ring (bicyclic) bond motifs is 1. The number of aromatic nitrogens is 5. The first kappa shape index (κ1) is 21.6. The quantitative estimate of drug-likeness (QED) is 0.454. The van der Waals surface area contributed by atoms with E-state index < -0.39 is 0 Å². The Hall–Kier alpha value is -3.23. The minimum absolute atomic E-state index is 0.122. The van der Waals surface area contributed by atoms with Crippen molar-refractivity contribution in [2.45, 2.75) is 31.8 Å². The zero-order chi connectivity index (χ0) is 22.8. The van der Waals surface area contributed by atoms with E-state index in [0.717, 1.165) is 73.7 Å². The Morgan fingerprint density at radius 1 is 1.09 bits per heavy atom. The number of piperidine rings is 1. The highest BCUT2D eigenvalue weighted by molar-refractivity contribution is 5.84. The van der Waals surface area contributed by atoms with Crippen molar-refractivity contribution in [3.8, 4) is 16.9 Å². The summed E-state index contributed by atoms with van der Waals surface area (Å²) in [4.78, 5) is 11.9. The van der Waals surface area contributed by atoms with Crippen LogP contribution >= 0.6 is 0 Å². The zero-order valence-corrected chi connectivity index (χ0v) is 19.3. The molecule has 33 heavy (non-hydrogen) atoms. The molecule has 5 rings (SSSR count). The summed E-state index contributed by atoms with van der Waals surface area (Å²) in [7, 11) is 3.79. The largest absolute Gasteiger partial charge is 0.393 e. The van der Waals surface area contributed by atoms with E-state index in [1.165, 1.54) is 10.9 Å². The summed E-state index contributed by atoms with van der Waals surface area (Å²) in [6.07, 6.45) is 11.7.